The molecule has 0 aromatic rings. The zero-order valence-corrected chi connectivity index (χ0v) is 12.8. The summed E-state index contributed by atoms with van der Waals surface area (Å²) in [5.74, 6) is 0. The van der Waals surface area contributed by atoms with Gasteiger partial charge in [-0.2, -0.15) is 0 Å². The number of nitrogens with one attached hydrogen (secondary N) is 1. The lowest BCUT2D eigenvalue weighted by atomic mass is 9.95. The van der Waals surface area contributed by atoms with Gasteiger partial charge in [0.15, 0.2) is 0 Å². The topological polar surface area (TPSA) is 44.7 Å². The molecule has 0 aliphatic rings. The summed E-state index contributed by atoms with van der Waals surface area (Å²) in [5.41, 5.74) is -0.151. The molecule has 0 amide bonds. The maximum absolute atomic E-state index is 9.48. The number of aliphatic hydroxyl groups is 1. The van der Waals surface area contributed by atoms with Crippen molar-refractivity contribution in [2.45, 2.75) is 51.6 Å². The molecule has 0 radical (unpaired) electrons. The quantitative estimate of drug-likeness (QED) is 0.552. The van der Waals surface area contributed by atoms with Gasteiger partial charge in [-0.05, 0) is 39.8 Å². The molecule has 4 heteroatoms. The average Bonchev–Trinajstić information content (AvgIpc) is 2.28. The lowest BCUT2D eigenvalue weighted by molar-refractivity contribution is 0.147. The third-order valence-corrected chi connectivity index (χ3v) is 3.14. The highest BCUT2D eigenvalue weighted by Gasteiger charge is 2.23. The standard InChI is InChI=1S/C14H32N2O2/c1-13(2)15-14(3,12-17)8-6-9-16(4)10-7-11-18-5/h13,15,17H,6-12H2,1-5H3. The highest BCUT2D eigenvalue weighted by molar-refractivity contribution is 4.84. The predicted molar refractivity (Wildman–Crippen MR) is 77.0 cm³/mol. The van der Waals surface area contributed by atoms with Crippen LogP contribution in [0.2, 0.25) is 0 Å². The summed E-state index contributed by atoms with van der Waals surface area (Å²) in [6, 6.07) is 0.404. The van der Waals surface area contributed by atoms with E-state index in [4.69, 9.17) is 4.74 Å². The maximum atomic E-state index is 9.48. The minimum atomic E-state index is -0.151. The molecule has 0 aliphatic carbocycles. The van der Waals surface area contributed by atoms with Crippen molar-refractivity contribution >= 4 is 0 Å². The lowest BCUT2D eigenvalue weighted by Gasteiger charge is -2.32. The summed E-state index contributed by atoms with van der Waals surface area (Å²) >= 11 is 0. The Morgan fingerprint density at radius 2 is 1.89 bits per heavy atom. The third-order valence-electron chi connectivity index (χ3n) is 3.14. The van der Waals surface area contributed by atoms with Gasteiger partial charge in [-0.15, -0.1) is 0 Å². The van der Waals surface area contributed by atoms with Crippen molar-refractivity contribution in [3.8, 4) is 0 Å². The van der Waals surface area contributed by atoms with Crippen molar-refractivity contribution < 1.29 is 9.84 Å². The molecule has 0 aromatic heterocycles. The highest BCUT2D eigenvalue weighted by Crippen LogP contribution is 2.13. The smallest absolute Gasteiger partial charge is 0.0610 e. The minimum absolute atomic E-state index is 0.151. The van der Waals surface area contributed by atoms with Crippen LogP contribution >= 0.6 is 0 Å². The van der Waals surface area contributed by atoms with E-state index in [0.29, 0.717) is 6.04 Å². The highest BCUT2D eigenvalue weighted by atomic mass is 16.5. The number of nitrogens with zero attached hydrogens (tertiary/aromatic N) is 1. The normalized spacial score (nSPS) is 15.3. The first kappa shape index (κ1) is 17.8. The average molecular weight is 260 g/mol. The van der Waals surface area contributed by atoms with Crippen LogP contribution in [0.25, 0.3) is 0 Å². The predicted octanol–water partition coefficient (Wildman–Crippen LogP) is 1.48. The van der Waals surface area contributed by atoms with Crippen LogP contribution in [0.1, 0.15) is 40.0 Å². The van der Waals surface area contributed by atoms with E-state index in [9.17, 15) is 5.11 Å². The van der Waals surface area contributed by atoms with Gasteiger partial charge >= 0.3 is 0 Å². The second-order valence-corrected chi connectivity index (χ2v) is 5.77. The third kappa shape index (κ3) is 8.86. The van der Waals surface area contributed by atoms with Gasteiger partial charge in [0.25, 0.3) is 0 Å². The fourth-order valence-corrected chi connectivity index (χ4v) is 2.22. The number of ether oxygens (including phenoxy) is 1. The largest absolute Gasteiger partial charge is 0.394 e. The molecule has 110 valence electrons. The Hall–Kier alpha value is -0.160. The van der Waals surface area contributed by atoms with Crippen LogP contribution in [0.4, 0.5) is 0 Å². The van der Waals surface area contributed by atoms with Gasteiger partial charge in [0.05, 0.1) is 6.61 Å². The van der Waals surface area contributed by atoms with Gasteiger partial charge in [0, 0.05) is 31.8 Å². The van der Waals surface area contributed by atoms with Gasteiger partial charge in [-0.3, -0.25) is 0 Å². The Morgan fingerprint density at radius 1 is 1.28 bits per heavy atom. The molecule has 0 saturated carbocycles. The van der Waals surface area contributed by atoms with E-state index in [1.54, 1.807) is 7.11 Å². The number of aliphatic hydroxyl groups excluding tert-OH is 1. The molecule has 0 saturated heterocycles. The summed E-state index contributed by atoms with van der Waals surface area (Å²) in [7, 11) is 3.88. The summed E-state index contributed by atoms with van der Waals surface area (Å²) < 4.78 is 5.04. The lowest BCUT2D eigenvalue weighted by Crippen LogP contribution is -2.49. The van der Waals surface area contributed by atoms with Crippen LogP contribution in [-0.2, 0) is 4.74 Å². The summed E-state index contributed by atoms with van der Waals surface area (Å²) in [4.78, 5) is 2.33. The van der Waals surface area contributed by atoms with Crippen LogP contribution in [0, 0.1) is 0 Å². The molecule has 18 heavy (non-hydrogen) atoms. The molecular weight excluding hydrogens is 228 g/mol. The van der Waals surface area contributed by atoms with Gasteiger partial charge in [-0.1, -0.05) is 13.8 Å². The second-order valence-electron chi connectivity index (χ2n) is 5.77. The SMILES string of the molecule is COCCCN(C)CCCC(C)(CO)NC(C)C. The Morgan fingerprint density at radius 3 is 2.39 bits per heavy atom. The van der Waals surface area contributed by atoms with Crippen molar-refractivity contribution in [1.29, 1.82) is 0 Å². The van der Waals surface area contributed by atoms with E-state index in [1.807, 2.05) is 0 Å². The molecule has 2 N–H and O–H groups in total. The van der Waals surface area contributed by atoms with Crippen LogP contribution in [0.15, 0.2) is 0 Å². The van der Waals surface area contributed by atoms with Crippen LogP contribution < -0.4 is 5.32 Å². The zero-order valence-electron chi connectivity index (χ0n) is 12.8. The minimum Gasteiger partial charge on any atom is -0.394 e. The molecule has 0 fully saturated rings. The van der Waals surface area contributed by atoms with Crippen LogP contribution in [0.5, 0.6) is 0 Å². The molecule has 4 nitrogen and oxygen atoms in total. The molecular formula is C14H32N2O2. The van der Waals surface area contributed by atoms with E-state index < -0.39 is 0 Å². The molecule has 0 aromatic carbocycles. The Balaban J connectivity index is 3.78. The van der Waals surface area contributed by atoms with Gasteiger partial charge in [0.2, 0.25) is 0 Å². The molecule has 0 heterocycles. The first-order chi connectivity index (χ1) is 8.43. The summed E-state index contributed by atoms with van der Waals surface area (Å²) in [6.45, 7) is 9.49. The van der Waals surface area contributed by atoms with Crippen LogP contribution in [0.3, 0.4) is 0 Å². The van der Waals surface area contributed by atoms with E-state index in [1.165, 1.54) is 0 Å². The van der Waals surface area contributed by atoms with Crippen molar-refractivity contribution in [3.05, 3.63) is 0 Å². The van der Waals surface area contributed by atoms with Crippen LogP contribution in [-0.4, -0.2) is 62.0 Å². The number of methoxy groups -OCH3 is 1. The molecule has 0 bridgehead atoms. The van der Waals surface area contributed by atoms with E-state index in [2.05, 4.69) is 38.0 Å². The van der Waals surface area contributed by atoms with Gasteiger partial charge < -0.3 is 20.1 Å². The fourth-order valence-electron chi connectivity index (χ4n) is 2.22. The van der Waals surface area contributed by atoms with Gasteiger partial charge in [-0.25, -0.2) is 0 Å². The van der Waals surface area contributed by atoms with E-state index >= 15 is 0 Å². The molecule has 0 spiro atoms. The Kier molecular flexibility index (Phi) is 9.64. The first-order valence-corrected chi connectivity index (χ1v) is 6.99. The number of hydrogen-bond donors (Lipinski definition) is 2. The monoisotopic (exact) mass is 260 g/mol. The van der Waals surface area contributed by atoms with Crippen molar-refractivity contribution in [3.63, 3.8) is 0 Å². The van der Waals surface area contributed by atoms with Crippen molar-refractivity contribution in [1.82, 2.24) is 10.2 Å². The van der Waals surface area contributed by atoms with E-state index in [-0.39, 0.29) is 12.1 Å². The second kappa shape index (κ2) is 9.73. The molecule has 0 rings (SSSR count). The maximum Gasteiger partial charge on any atom is 0.0610 e. The van der Waals surface area contributed by atoms with Crippen molar-refractivity contribution in [2.75, 3.05) is 40.5 Å². The molecule has 1 unspecified atom stereocenters. The fraction of sp³-hybridized carbons (Fsp3) is 1.00. The van der Waals surface area contributed by atoms with Crippen molar-refractivity contribution in [2.24, 2.45) is 0 Å². The van der Waals surface area contributed by atoms with Gasteiger partial charge in [0.1, 0.15) is 0 Å². The number of rotatable bonds is 11. The summed E-state index contributed by atoms with van der Waals surface area (Å²) in [5, 5.41) is 12.9. The Bertz CT molecular complexity index is 200. The number of hydrogen-bond acceptors (Lipinski definition) is 4. The summed E-state index contributed by atoms with van der Waals surface area (Å²) in [6.07, 6.45) is 3.17. The molecule has 0 aliphatic heterocycles. The molecule has 1 atom stereocenters. The first-order valence-electron chi connectivity index (χ1n) is 6.99. The zero-order chi connectivity index (χ0) is 14.0. The Labute approximate surface area is 113 Å². The van der Waals surface area contributed by atoms with E-state index in [0.717, 1.165) is 39.0 Å².